The Morgan fingerprint density at radius 3 is 1.85 bits per heavy atom. The third kappa shape index (κ3) is 4.26. The summed E-state index contributed by atoms with van der Waals surface area (Å²) >= 11 is 6.02. The molecule has 0 aliphatic rings. The molecule has 0 bridgehead atoms. The molecule has 0 aromatic heterocycles. The summed E-state index contributed by atoms with van der Waals surface area (Å²) in [7, 11) is 0. The van der Waals surface area contributed by atoms with E-state index in [1.54, 1.807) is 48.5 Å². The van der Waals surface area contributed by atoms with E-state index in [0.29, 0.717) is 27.5 Å². The average molecular weight is 369 g/mol. The zero-order valence-electron chi connectivity index (χ0n) is 13.5. The monoisotopic (exact) mass is 368 g/mol. The minimum absolute atomic E-state index is 0.330. The normalized spacial score (nSPS) is 10.2. The number of para-hydroxylation sites is 1. The van der Waals surface area contributed by atoms with Gasteiger partial charge in [0.1, 0.15) is 5.82 Å². The number of carbonyl (C=O) groups is 2. The fraction of sp³-hybridized carbons (Fsp3) is 0. The van der Waals surface area contributed by atoms with Crippen LogP contribution in [0, 0.1) is 5.82 Å². The first-order valence-electron chi connectivity index (χ1n) is 7.76. The van der Waals surface area contributed by atoms with Gasteiger partial charge in [0.15, 0.2) is 0 Å². The van der Waals surface area contributed by atoms with E-state index in [1.807, 2.05) is 0 Å². The smallest absolute Gasteiger partial charge is 0.255 e. The summed E-state index contributed by atoms with van der Waals surface area (Å²) < 4.78 is 12.9. The standard InChI is InChI=1S/C20H14ClFN2O2/c21-17-3-1-2-4-18(17)24-20(26)14-7-5-13(6-8-14)19(25)23-16-11-9-15(22)10-12-16/h1-12H,(H,23,25)(H,24,26). The van der Waals surface area contributed by atoms with Crippen molar-refractivity contribution >= 4 is 34.8 Å². The highest BCUT2D eigenvalue weighted by Gasteiger charge is 2.11. The molecule has 26 heavy (non-hydrogen) atoms. The summed E-state index contributed by atoms with van der Waals surface area (Å²) in [5.74, 6) is -1.06. The van der Waals surface area contributed by atoms with Gasteiger partial charge >= 0.3 is 0 Å². The second kappa shape index (κ2) is 7.80. The predicted octanol–water partition coefficient (Wildman–Crippen LogP) is 4.98. The highest BCUT2D eigenvalue weighted by atomic mass is 35.5. The summed E-state index contributed by atoms with van der Waals surface area (Å²) in [4.78, 5) is 24.5. The van der Waals surface area contributed by atoms with Gasteiger partial charge in [0, 0.05) is 16.8 Å². The molecular formula is C20H14ClFN2O2. The maximum absolute atomic E-state index is 12.9. The largest absolute Gasteiger partial charge is 0.322 e. The Morgan fingerprint density at radius 2 is 1.27 bits per heavy atom. The molecule has 2 amide bonds. The number of nitrogens with one attached hydrogen (secondary N) is 2. The molecule has 4 nitrogen and oxygen atoms in total. The summed E-state index contributed by atoms with van der Waals surface area (Å²) in [6, 6.07) is 18.6. The lowest BCUT2D eigenvalue weighted by atomic mass is 10.1. The minimum atomic E-state index is -0.378. The molecule has 0 fully saturated rings. The van der Waals surface area contributed by atoms with Crippen molar-refractivity contribution in [2.45, 2.75) is 0 Å². The number of hydrogen-bond acceptors (Lipinski definition) is 2. The SMILES string of the molecule is O=C(Nc1ccc(F)cc1)c1ccc(C(=O)Nc2ccccc2Cl)cc1. The number of amides is 2. The molecule has 3 aromatic rings. The number of benzene rings is 3. The molecule has 0 radical (unpaired) electrons. The van der Waals surface area contributed by atoms with Gasteiger partial charge < -0.3 is 10.6 Å². The third-order valence-corrected chi connectivity index (χ3v) is 3.96. The fourth-order valence-electron chi connectivity index (χ4n) is 2.27. The first-order valence-corrected chi connectivity index (χ1v) is 8.13. The van der Waals surface area contributed by atoms with Crippen LogP contribution in [0.4, 0.5) is 15.8 Å². The van der Waals surface area contributed by atoms with Gasteiger partial charge in [-0.15, -0.1) is 0 Å². The maximum Gasteiger partial charge on any atom is 0.255 e. The zero-order valence-corrected chi connectivity index (χ0v) is 14.3. The van der Waals surface area contributed by atoms with E-state index >= 15 is 0 Å². The van der Waals surface area contributed by atoms with Gasteiger partial charge in [0.05, 0.1) is 10.7 Å². The molecule has 0 atom stereocenters. The highest BCUT2D eigenvalue weighted by Crippen LogP contribution is 2.21. The van der Waals surface area contributed by atoms with Crippen LogP contribution in [0.5, 0.6) is 0 Å². The summed E-state index contributed by atoms with van der Waals surface area (Å²) in [5.41, 5.74) is 1.76. The van der Waals surface area contributed by atoms with Crippen molar-refractivity contribution in [3.05, 3.63) is 94.8 Å². The molecule has 3 rings (SSSR count). The zero-order chi connectivity index (χ0) is 18.5. The third-order valence-electron chi connectivity index (χ3n) is 3.63. The molecule has 0 saturated heterocycles. The van der Waals surface area contributed by atoms with E-state index in [9.17, 15) is 14.0 Å². The molecule has 0 heterocycles. The maximum atomic E-state index is 12.9. The molecule has 0 aliphatic carbocycles. The van der Waals surface area contributed by atoms with Crippen LogP contribution in [0.3, 0.4) is 0 Å². The van der Waals surface area contributed by atoms with Crippen LogP contribution >= 0.6 is 11.6 Å². The molecular weight excluding hydrogens is 355 g/mol. The number of rotatable bonds is 4. The molecule has 2 N–H and O–H groups in total. The number of carbonyl (C=O) groups excluding carboxylic acids is 2. The van der Waals surface area contributed by atoms with Crippen molar-refractivity contribution in [1.82, 2.24) is 0 Å². The lowest BCUT2D eigenvalue weighted by molar-refractivity contribution is 0.101. The van der Waals surface area contributed by atoms with E-state index in [0.717, 1.165) is 0 Å². The van der Waals surface area contributed by atoms with Crippen LogP contribution in [0.1, 0.15) is 20.7 Å². The second-order valence-corrected chi connectivity index (χ2v) is 5.88. The van der Waals surface area contributed by atoms with Gasteiger partial charge in [-0.2, -0.15) is 0 Å². The number of anilines is 2. The van der Waals surface area contributed by atoms with Crippen molar-refractivity contribution in [3.8, 4) is 0 Å². The van der Waals surface area contributed by atoms with Crippen LogP contribution < -0.4 is 10.6 Å². The Labute approximate surface area is 154 Å². The topological polar surface area (TPSA) is 58.2 Å². The lowest BCUT2D eigenvalue weighted by Crippen LogP contribution is -2.14. The van der Waals surface area contributed by atoms with E-state index in [1.165, 1.54) is 24.3 Å². The van der Waals surface area contributed by atoms with Crippen LogP contribution in [0.2, 0.25) is 5.02 Å². The van der Waals surface area contributed by atoms with Crippen molar-refractivity contribution in [2.75, 3.05) is 10.6 Å². The average Bonchev–Trinajstić information content (AvgIpc) is 2.65. The van der Waals surface area contributed by atoms with Crippen LogP contribution in [0.25, 0.3) is 0 Å². The van der Waals surface area contributed by atoms with Gasteiger partial charge in [0.25, 0.3) is 11.8 Å². The van der Waals surface area contributed by atoms with Gasteiger partial charge in [-0.3, -0.25) is 9.59 Å². The molecule has 0 saturated carbocycles. The summed E-state index contributed by atoms with van der Waals surface area (Å²) in [6.07, 6.45) is 0. The number of halogens is 2. The van der Waals surface area contributed by atoms with Gasteiger partial charge in [-0.1, -0.05) is 23.7 Å². The van der Waals surface area contributed by atoms with E-state index in [2.05, 4.69) is 10.6 Å². The van der Waals surface area contributed by atoms with E-state index < -0.39 is 0 Å². The van der Waals surface area contributed by atoms with E-state index in [4.69, 9.17) is 11.6 Å². The Balaban J connectivity index is 1.67. The lowest BCUT2D eigenvalue weighted by Gasteiger charge is -2.08. The van der Waals surface area contributed by atoms with Crippen LogP contribution in [-0.4, -0.2) is 11.8 Å². The van der Waals surface area contributed by atoms with Crippen molar-refractivity contribution < 1.29 is 14.0 Å². The minimum Gasteiger partial charge on any atom is -0.322 e. The molecule has 6 heteroatoms. The Hall–Kier alpha value is -3.18. The summed E-state index contributed by atoms with van der Waals surface area (Å²) in [6.45, 7) is 0. The second-order valence-electron chi connectivity index (χ2n) is 5.47. The molecule has 0 unspecified atom stereocenters. The van der Waals surface area contributed by atoms with Crippen LogP contribution in [-0.2, 0) is 0 Å². The Bertz CT molecular complexity index is 941. The predicted molar refractivity (Wildman–Crippen MR) is 100 cm³/mol. The van der Waals surface area contributed by atoms with E-state index in [-0.39, 0.29) is 17.6 Å². The van der Waals surface area contributed by atoms with Crippen molar-refractivity contribution in [1.29, 1.82) is 0 Å². The van der Waals surface area contributed by atoms with Gasteiger partial charge in [-0.05, 0) is 60.7 Å². The Kier molecular flexibility index (Phi) is 5.29. The first kappa shape index (κ1) is 17.6. The molecule has 3 aromatic carbocycles. The van der Waals surface area contributed by atoms with Gasteiger partial charge in [-0.25, -0.2) is 4.39 Å². The Morgan fingerprint density at radius 1 is 0.731 bits per heavy atom. The molecule has 0 spiro atoms. The quantitative estimate of drug-likeness (QED) is 0.682. The fourth-order valence-corrected chi connectivity index (χ4v) is 2.45. The van der Waals surface area contributed by atoms with Crippen molar-refractivity contribution in [3.63, 3.8) is 0 Å². The molecule has 130 valence electrons. The van der Waals surface area contributed by atoms with Crippen molar-refractivity contribution in [2.24, 2.45) is 0 Å². The van der Waals surface area contributed by atoms with Gasteiger partial charge in [0.2, 0.25) is 0 Å². The molecule has 0 aliphatic heterocycles. The highest BCUT2D eigenvalue weighted by molar-refractivity contribution is 6.33. The number of hydrogen-bond donors (Lipinski definition) is 2. The van der Waals surface area contributed by atoms with Crippen LogP contribution in [0.15, 0.2) is 72.8 Å². The first-order chi connectivity index (χ1) is 12.5. The summed E-state index contributed by atoms with van der Waals surface area (Å²) in [5, 5.41) is 5.81.